The smallest absolute Gasteiger partial charge is 0.246 e. The zero-order valence-electron chi connectivity index (χ0n) is 33.0. The minimum Gasteiger partial charge on any atom is -1.00 e. The number of nitrogens with one attached hydrogen (secondary N) is 2. The molecule has 1 aliphatic rings. The van der Waals surface area contributed by atoms with E-state index in [1.54, 1.807) is 0 Å². The molecule has 0 saturated heterocycles. The highest BCUT2D eigenvalue weighted by atomic mass is 35.5. The molecule has 2 N–H and O–H groups in total. The van der Waals surface area contributed by atoms with Crippen molar-refractivity contribution in [1.29, 1.82) is 0 Å². The van der Waals surface area contributed by atoms with Crippen molar-refractivity contribution in [3.8, 4) is 34.4 Å². The Morgan fingerprint density at radius 3 is 0.982 bits per heavy atom. The fraction of sp³-hybridized carbons (Fsp3) is 0.348. The molecule has 296 valence electrons. The van der Waals surface area contributed by atoms with Crippen molar-refractivity contribution in [2.24, 2.45) is 0 Å². The molecule has 4 aromatic carbocycles. The van der Waals surface area contributed by atoms with E-state index in [-0.39, 0.29) is 24.8 Å². The van der Waals surface area contributed by atoms with Gasteiger partial charge in [-0.1, -0.05) is 64.1 Å². The molecule has 7 rings (SSSR count). The first kappa shape index (κ1) is 42.2. The summed E-state index contributed by atoms with van der Waals surface area (Å²) in [7, 11) is 0. The normalized spacial score (nSPS) is 11.9. The molecule has 0 fully saturated rings. The Kier molecular flexibility index (Phi) is 15.3. The van der Waals surface area contributed by atoms with Gasteiger partial charge in [0.2, 0.25) is 12.7 Å². The highest BCUT2D eigenvalue weighted by Crippen LogP contribution is 2.40. The van der Waals surface area contributed by atoms with Gasteiger partial charge in [-0.3, -0.25) is 0 Å². The van der Waals surface area contributed by atoms with Crippen LogP contribution in [0, 0.1) is 0 Å². The monoisotopic (exact) mass is 796 g/mol. The zero-order valence-corrected chi connectivity index (χ0v) is 34.5. The molecule has 2 aromatic heterocycles. The maximum absolute atomic E-state index is 6.74. The highest BCUT2D eigenvalue weighted by molar-refractivity contribution is 5.60. The van der Waals surface area contributed by atoms with E-state index >= 15 is 0 Å². The second kappa shape index (κ2) is 20.3. The van der Waals surface area contributed by atoms with E-state index in [0.29, 0.717) is 52.1 Å². The van der Waals surface area contributed by atoms with Crippen molar-refractivity contribution < 1.29 is 53.7 Å². The summed E-state index contributed by atoms with van der Waals surface area (Å²) in [5, 5.41) is 0. The molecule has 8 nitrogen and oxygen atoms in total. The number of para-hydroxylation sites is 2. The average Bonchev–Trinajstić information content (AvgIpc) is 3.93. The van der Waals surface area contributed by atoms with Gasteiger partial charge in [-0.25, -0.2) is 19.1 Å². The molecule has 8 bridgehead atoms. The summed E-state index contributed by atoms with van der Waals surface area (Å²) in [6, 6.07) is 22.3. The van der Waals surface area contributed by atoms with Crippen LogP contribution in [0.3, 0.4) is 0 Å². The van der Waals surface area contributed by atoms with Crippen LogP contribution < -0.4 is 53.7 Å². The minimum absolute atomic E-state index is 0. The van der Waals surface area contributed by atoms with Gasteiger partial charge < -0.3 is 43.8 Å². The van der Waals surface area contributed by atoms with Gasteiger partial charge in [-0.15, -0.1) is 0 Å². The van der Waals surface area contributed by atoms with Gasteiger partial charge >= 0.3 is 0 Å². The number of halogens is 2. The predicted octanol–water partition coefficient (Wildman–Crippen LogP) is 2.74. The number of ether oxygens (including phenoxy) is 4. The van der Waals surface area contributed by atoms with Gasteiger partial charge in [0, 0.05) is 47.9 Å². The van der Waals surface area contributed by atoms with E-state index in [4.69, 9.17) is 18.9 Å². The first-order valence-electron chi connectivity index (χ1n) is 19.7. The Bertz CT molecular complexity index is 1910. The molecule has 56 heavy (non-hydrogen) atoms. The van der Waals surface area contributed by atoms with E-state index in [1.165, 1.54) is 0 Å². The molecule has 0 amide bonds. The third kappa shape index (κ3) is 9.54. The van der Waals surface area contributed by atoms with Crippen LogP contribution >= 0.6 is 0 Å². The van der Waals surface area contributed by atoms with E-state index in [0.717, 1.165) is 105 Å². The number of benzene rings is 4. The summed E-state index contributed by atoms with van der Waals surface area (Å²) in [4.78, 5) is 6.47. The molecule has 0 saturated carbocycles. The van der Waals surface area contributed by atoms with Crippen molar-refractivity contribution in [2.45, 2.75) is 79.1 Å². The summed E-state index contributed by atoms with van der Waals surface area (Å²) in [5.74, 6) is 3.77. The number of H-pyrrole nitrogens is 2. The molecular weight excluding hydrogens is 743 g/mol. The average molecular weight is 798 g/mol. The topological polar surface area (TPSA) is 75.1 Å². The van der Waals surface area contributed by atoms with E-state index in [2.05, 4.69) is 120 Å². The summed E-state index contributed by atoms with van der Waals surface area (Å²) in [6.07, 6.45) is 18.3. The Morgan fingerprint density at radius 1 is 0.446 bits per heavy atom. The van der Waals surface area contributed by atoms with Gasteiger partial charge in [-0.2, -0.15) is 0 Å². The van der Waals surface area contributed by atoms with Gasteiger partial charge in [-0.05, 0) is 72.2 Å². The third-order valence-corrected chi connectivity index (χ3v) is 9.82. The molecule has 0 unspecified atom stereocenters. The number of aromatic amines is 2. The molecule has 0 spiro atoms. The number of rotatable bonds is 14. The van der Waals surface area contributed by atoms with Crippen molar-refractivity contribution in [3.05, 3.63) is 143 Å². The van der Waals surface area contributed by atoms with Crippen LogP contribution in [-0.2, 0) is 25.7 Å². The number of fused-ring (bicyclic) bond motifs is 8. The second-order valence-corrected chi connectivity index (χ2v) is 14.1. The highest BCUT2D eigenvalue weighted by Gasteiger charge is 2.24. The van der Waals surface area contributed by atoms with Crippen molar-refractivity contribution in [3.63, 3.8) is 0 Å². The lowest BCUT2D eigenvalue weighted by Gasteiger charge is -2.23. The van der Waals surface area contributed by atoms with Gasteiger partial charge in [0.15, 0.2) is 0 Å². The maximum atomic E-state index is 6.74. The van der Waals surface area contributed by atoms with Gasteiger partial charge in [0.05, 0.1) is 26.4 Å². The van der Waals surface area contributed by atoms with Crippen LogP contribution in [0.5, 0.6) is 23.0 Å². The molecule has 6 aromatic rings. The summed E-state index contributed by atoms with van der Waals surface area (Å²) >= 11 is 0. The second-order valence-electron chi connectivity index (χ2n) is 14.1. The standard InChI is InChI=1S/C46H52N4O4.2ClH/c1-5-19-51-43-33-11-9-12-34(43)24-38-28-42(50-18-16-48-32-50)30-40(46(38)54-22-8-4)26-36-14-10-13-35(44(36)52-20-6-2)25-39-29-41(49-17-15-47-31-49)27-37(23-33)45(39)53-21-7-3;;/h9-18,27-32H,5-8,19-26H2,1-4H3;2*1H. The molecule has 2 heterocycles. The SMILES string of the molecule is CCCOc1c2cccc1Cc1cc(-n3cc[nH+]c3)cc(c1OCCC)Cc1cccc(c1OCCC)Cc1cc(-n3cc[nH+]c3)cc(c1OCCC)C2.[Cl-].[Cl-]. The van der Waals surface area contributed by atoms with Crippen LogP contribution in [0.4, 0.5) is 0 Å². The fourth-order valence-corrected chi connectivity index (χ4v) is 7.41. The van der Waals surface area contributed by atoms with Crippen LogP contribution in [0.15, 0.2) is 98.1 Å². The molecule has 1 aliphatic carbocycles. The Balaban J connectivity index is 0.00000300. The number of hydrogen-bond acceptors (Lipinski definition) is 4. The third-order valence-electron chi connectivity index (χ3n) is 9.82. The molecule has 0 aliphatic heterocycles. The molecule has 10 heteroatoms. The minimum atomic E-state index is 0. The number of imidazole rings is 2. The lowest BCUT2D eigenvalue weighted by atomic mass is 9.90. The number of hydrogen-bond donors (Lipinski definition) is 0. The fourth-order valence-electron chi connectivity index (χ4n) is 7.41. The lowest BCUT2D eigenvalue weighted by molar-refractivity contribution is -0.377. The zero-order chi connectivity index (χ0) is 37.3. The maximum Gasteiger partial charge on any atom is 0.246 e. The van der Waals surface area contributed by atoms with Crippen molar-refractivity contribution in [1.82, 2.24) is 9.13 Å². The van der Waals surface area contributed by atoms with Crippen LogP contribution in [-0.4, -0.2) is 35.6 Å². The molecule has 0 radical (unpaired) electrons. The number of nitrogens with zero attached hydrogens (tertiary/aromatic N) is 2. The van der Waals surface area contributed by atoms with Gasteiger partial charge in [0.1, 0.15) is 59.2 Å². The largest absolute Gasteiger partial charge is 1.00 e. The van der Waals surface area contributed by atoms with Crippen LogP contribution in [0.2, 0.25) is 0 Å². The van der Waals surface area contributed by atoms with E-state index in [9.17, 15) is 0 Å². The van der Waals surface area contributed by atoms with Crippen molar-refractivity contribution >= 4 is 0 Å². The summed E-state index contributed by atoms with van der Waals surface area (Å²) < 4.78 is 31.2. The molecular formula is C46H54Cl2N4O4. The Hall–Kier alpha value is -4.92. The first-order chi connectivity index (χ1) is 26.6. The molecule has 0 atom stereocenters. The van der Waals surface area contributed by atoms with E-state index in [1.807, 2.05) is 25.0 Å². The van der Waals surface area contributed by atoms with Crippen LogP contribution in [0.25, 0.3) is 11.4 Å². The lowest BCUT2D eigenvalue weighted by Crippen LogP contribution is -3.00. The first-order valence-corrected chi connectivity index (χ1v) is 19.7. The van der Waals surface area contributed by atoms with E-state index < -0.39 is 0 Å². The van der Waals surface area contributed by atoms with Crippen LogP contribution in [0.1, 0.15) is 97.9 Å². The summed E-state index contributed by atoms with van der Waals surface area (Å²) in [5.41, 5.74) is 11.2. The van der Waals surface area contributed by atoms with Crippen molar-refractivity contribution in [2.75, 3.05) is 26.4 Å². The van der Waals surface area contributed by atoms with Gasteiger partial charge in [0.25, 0.3) is 0 Å². The predicted molar refractivity (Wildman–Crippen MR) is 212 cm³/mol. The quantitative estimate of drug-likeness (QED) is 0.170. The Labute approximate surface area is 344 Å². The Morgan fingerprint density at radius 2 is 0.732 bits per heavy atom. The summed E-state index contributed by atoms with van der Waals surface area (Å²) in [6.45, 7) is 11.2. The number of aromatic nitrogens is 4.